The lowest BCUT2D eigenvalue weighted by Crippen LogP contribution is -2.40. The standard InChI is InChI=1S/C12H14BrNO/c1-8(2)14-7-10-9(6-12(14)15)4-3-5-11(10)13/h3-5,8H,6-7H2,1-2H3. The maximum Gasteiger partial charge on any atom is 0.227 e. The van der Waals surface area contributed by atoms with Crippen molar-refractivity contribution in [1.29, 1.82) is 0 Å². The Hall–Kier alpha value is -0.830. The summed E-state index contributed by atoms with van der Waals surface area (Å²) in [7, 11) is 0. The molecule has 15 heavy (non-hydrogen) atoms. The Balaban J connectivity index is 2.39. The molecule has 3 heteroatoms. The number of halogens is 1. The van der Waals surface area contributed by atoms with Crippen molar-refractivity contribution in [3.05, 3.63) is 33.8 Å². The van der Waals surface area contributed by atoms with Crippen LogP contribution in [-0.4, -0.2) is 16.8 Å². The van der Waals surface area contributed by atoms with E-state index in [0.29, 0.717) is 6.42 Å². The van der Waals surface area contributed by atoms with Gasteiger partial charge in [0.15, 0.2) is 0 Å². The van der Waals surface area contributed by atoms with Crippen molar-refractivity contribution in [2.75, 3.05) is 0 Å². The van der Waals surface area contributed by atoms with E-state index < -0.39 is 0 Å². The summed E-state index contributed by atoms with van der Waals surface area (Å²) in [6.07, 6.45) is 0.535. The van der Waals surface area contributed by atoms with Gasteiger partial charge in [0.05, 0.1) is 6.42 Å². The molecular formula is C12H14BrNO. The largest absolute Gasteiger partial charge is 0.336 e. The maximum absolute atomic E-state index is 11.8. The first-order valence-corrected chi connectivity index (χ1v) is 5.94. The molecule has 1 amide bonds. The Labute approximate surface area is 98.4 Å². The molecule has 1 aliphatic rings. The second-order valence-electron chi connectivity index (χ2n) is 4.17. The quantitative estimate of drug-likeness (QED) is 0.767. The molecule has 0 aliphatic carbocycles. The molecule has 1 aromatic rings. The van der Waals surface area contributed by atoms with Crippen molar-refractivity contribution in [2.45, 2.75) is 32.9 Å². The first-order valence-electron chi connectivity index (χ1n) is 5.15. The van der Waals surface area contributed by atoms with Crippen LogP contribution in [0.15, 0.2) is 22.7 Å². The first-order chi connectivity index (χ1) is 7.09. The molecule has 1 heterocycles. The number of benzene rings is 1. The van der Waals surface area contributed by atoms with Gasteiger partial charge in [-0.25, -0.2) is 0 Å². The second-order valence-corrected chi connectivity index (χ2v) is 5.02. The van der Waals surface area contributed by atoms with E-state index >= 15 is 0 Å². The number of hydrogen-bond donors (Lipinski definition) is 0. The van der Waals surface area contributed by atoms with E-state index in [-0.39, 0.29) is 11.9 Å². The van der Waals surface area contributed by atoms with Crippen LogP contribution in [0, 0.1) is 0 Å². The fraction of sp³-hybridized carbons (Fsp3) is 0.417. The van der Waals surface area contributed by atoms with Crippen LogP contribution >= 0.6 is 15.9 Å². The van der Waals surface area contributed by atoms with Crippen LogP contribution < -0.4 is 0 Å². The molecule has 0 unspecified atom stereocenters. The molecule has 2 nitrogen and oxygen atoms in total. The van der Waals surface area contributed by atoms with Crippen LogP contribution in [0.25, 0.3) is 0 Å². The molecule has 1 aliphatic heterocycles. The lowest BCUT2D eigenvalue weighted by atomic mass is 9.98. The fourth-order valence-corrected chi connectivity index (χ4v) is 2.47. The lowest BCUT2D eigenvalue weighted by Gasteiger charge is -2.32. The van der Waals surface area contributed by atoms with Crippen LogP contribution in [0.4, 0.5) is 0 Å². The molecule has 0 radical (unpaired) electrons. The van der Waals surface area contributed by atoms with Gasteiger partial charge >= 0.3 is 0 Å². The summed E-state index contributed by atoms with van der Waals surface area (Å²) < 4.78 is 1.11. The molecule has 0 bridgehead atoms. The summed E-state index contributed by atoms with van der Waals surface area (Å²) >= 11 is 3.54. The summed E-state index contributed by atoms with van der Waals surface area (Å²) in [5.74, 6) is 0.232. The van der Waals surface area contributed by atoms with Crippen molar-refractivity contribution < 1.29 is 4.79 Å². The average molecular weight is 268 g/mol. The Bertz CT molecular complexity index is 401. The Morgan fingerprint density at radius 3 is 2.80 bits per heavy atom. The summed E-state index contributed by atoms with van der Waals surface area (Å²) in [5, 5.41) is 0. The molecule has 0 saturated heterocycles. The van der Waals surface area contributed by atoms with E-state index in [1.54, 1.807) is 0 Å². The molecule has 0 fully saturated rings. The van der Waals surface area contributed by atoms with Gasteiger partial charge in [0.1, 0.15) is 0 Å². The predicted molar refractivity (Wildman–Crippen MR) is 63.5 cm³/mol. The Kier molecular flexibility index (Phi) is 2.83. The van der Waals surface area contributed by atoms with Crippen molar-refractivity contribution in [3.63, 3.8) is 0 Å². The number of carbonyl (C=O) groups is 1. The highest BCUT2D eigenvalue weighted by atomic mass is 79.9. The molecule has 80 valence electrons. The highest BCUT2D eigenvalue weighted by Gasteiger charge is 2.25. The minimum atomic E-state index is 0.232. The van der Waals surface area contributed by atoms with Crippen LogP contribution in [0.1, 0.15) is 25.0 Å². The summed E-state index contributed by atoms with van der Waals surface area (Å²) in [6.45, 7) is 4.84. The van der Waals surface area contributed by atoms with Gasteiger partial charge in [-0.05, 0) is 31.0 Å². The van der Waals surface area contributed by atoms with Crippen LogP contribution in [0.2, 0.25) is 0 Å². The van der Waals surface area contributed by atoms with E-state index in [4.69, 9.17) is 0 Å². The second kappa shape index (κ2) is 3.97. The number of amides is 1. The summed E-state index contributed by atoms with van der Waals surface area (Å²) in [6, 6.07) is 6.34. The van der Waals surface area contributed by atoms with Crippen molar-refractivity contribution in [1.82, 2.24) is 4.90 Å². The Morgan fingerprint density at radius 2 is 2.13 bits per heavy atom. The van der Waals surface area contributed by atoms with Crippen molar-refractivity contribution in [3.8, 4) is 0 Å². The molecule has 0 N–H and O–H groups in total. The number of carbonyl (C=O) groups excluding carboxylic acids is 1. The van der Waals surface area contributed by atoms with Crippen LogP contribution in [0.3, 0.4) is 0 Å². The molecule has 0 saturated carbocycles. The highest BCUT2D eigenvalue weighted by molar-refractivity contribution is 9.10. The van der Waals surface area contributed by atoms with E-state index in [1.807, 2.05) is 23.1 Å². The summed E-state index contributed by atoms with van der Waals surface area (Å²) in [4.78, 5) is 13.7. The molecular weight excluding hydrogens is 254 g/mol. The van der Waals surface area contributed by atoms with Gasteiger partial charge in [0, 0.05) is 17.1 Å². The zero-order chi connectivity index (χ0) is 11.0. The van der Waals surface area contributed by atoms with Crippen LogP contribution in [0.5, 0.6) is 0 Å². The molecule has 0 spiro atoms. The molecule has 2 rings (SSSR count). The average Bonchev–Trinajstić information content (AvgIpc) is 2.16. The molecule has 0 atom stereocenters. The van der Waals surface area contributed by atoms with Gasteiger partial charge in [-0.2, -0.15) is 0 Å². The lowest BCUT2D eigenvalue weighted by molar-refractivity contribution is -0.133. The highest BCUT2D eigenvalue weighted by Crippen LogP contribution is 2.27. The van der Waals surface area contributed by atoms with E-state index in [9.17, 15) is 4.79 Å². The minimum absolute atomic E-state index is 0.232. The van der Waals surface area contributed by atoms with Crippen LogP contribution in [-0.2, 0) is 17.8 Å². The first kappa shape index (κ1) is 10.7. The van der Waals surface area contributed by atoms with Gasteiger partial charge < -0.3 is 4.90 Å². The van der Waals surface area contributed by atoms with E-state index in [1.165, 1.54) is 5.56 Å². The molecule has 1 aromatic carbocycles. The van der Waals surface area contributed by atoms with Gasteiger partial charge in [-0.1, -0.05) is 28.1 Å². The third-order valence-electron chi connectivity index (χ3n) is 2.83. The normalized spacial score (nSPS) is 15.7. The smallest absolute Gasteiger partial charge is 0.227 e. The maximum atomic E-state index is 11.8. The number of hydrogen-bond acceptors (Lipinski definition) is 1. The topological polar surface area (TPSA) is 20.3 Å². The number of rotatable bonds is 1. The van der Waals surface area contributed by atoms with Gasteiger partial charge in [0.25, 0.3) is 0 Å². The molecule has 0 aromatic heterocycles. The zero-order valence-corrected chi connectivity index (χ0v) is 10.5. The van der Waals surface area contributed by atoms with Gasteiger partial charge in [0.2, 0.25) is 5.91 Å². The van der Waals surface area contributed by atoms with Gasteiger partial charge in [-0.15, -0.1) is 0 Å². The monoisotopic (exact) mass is 267 g/mol. The fourth-order valence-electron chi connectivity index (χ4n) is 1.94. The Morgan fingerprint density at radius 1 is 1.40 bits per heavy atom. The SMILES string of the molecule is CC(C)N1Cc2c(Br)cccc2CC1=O. The number of fused-ring (bicyclic) bond motifs is 1. The number of nitrogens with zero attached hydrogens (tertiary/aromatic N) is 1. The predicted octanol–water partition coefficient (Wildman–Crippen LogP) is 2.74. The van der Waals surface area contributed by atoms with Crippen molar-refractivity contribution >= 4 is 21.8 Å². The van der Waals surface area contributed by atoms with E-state index in [0.717, 1.165) is 16.6 Å². The zero-order valence-electron chi connectivity index (χ0n) is 8.96. The summed E-state index contributed by atoms with van der Waals surface area (Å²) in [5.41, 5.74) is 2.41. The van der Waals surface area contributed by atoms with Crippen molar-refractivity contribution in [2.24, 2.45) is 0 Å². The minimum Gasteiger partial charge on any atom is -0.336 e. The third kappa shape index (κ3) is 1.93. The third-order valence-corrected chi connectivity index (χ3v) is 3.57. The van der Waals surface area contributed by atoms with E-state index in [2.05, 4.69) is 29.8 Å². The van der Waals surface area contributed by atoms with Gasteiger partial charge in [-0.3, -0.25) is 4.79 Å².